The molecule has 3 nitrogen and oxygen atoms in total. The second-order valence-electron chi connectivity index (χ2n) is 4.86. The Balaban J connectivity index is 1.99. The predicted molar refractivity (Wildman–Crippen MR) is 67.1 cm³/mol. The molecule has 2 rings (SSSR count). The first-order chi connectivity index (χ1) is 8.31. The molecule has 1 fully saturated rings. The second kappa shape index (κ2) is 5.79. The molecular formula is C14H19N3. The molecular weight excluding hydrogens is 210 g/mol. The van der Waals surface area contributed by atoms with E-state index >= 15 is 0 Å². The van der Waals surface area contributed by atoms with Crippen molar-refractivity contribution in [3.63, 3.8) is 0 Å². The zero-order valence-electron chi connectivity index (χ0n) is 10.3. The second-order valence-corrected chi connectivity index (χ2v) is 4.86. The van der Waals surface area contributed by atoms with Crippen molar-refractivity contribution in [1.29, 1.82) is 5.26 Å². The number of rotatable bonds is 3. The molecule has 1 saturated carbocycles. The molecule has 2 unspecified atom stereocenters. The first-order valence-corrected chi connectivity index (χ1v) is 6.30. The van der Waals surface area contributed by atoms with Crippen LogP contribution in [-0.4, -0.2) is 23.0 Å². The highest BCUT2D eigenvalue weighted by molar-refractivity contribution is 5.09. The SMILES string of the molecule is CN(Cc1cccnc1)C1CCCCC1C#N. The van der Waals surface area contributed by atoms with Crippen LogP contribution in [0.1, 0.15) is 31.2 Å². The van der Waals surface area contributed by atoms with Gasteiger partial charge < -0.3 is 0 Å². The van der Waals surface area contributed by atoms with E-state index in [0.29, 0.717) is 6.04 Å². The van der Waals surface area contributed by atoms with E-state index in [1.165, 1.54) is 18.4 Å². The van der Waals surface area contributed by atoms with E-state index in [1.54, 1.807) is 6.20 Å². The highest BCUT2D eigenvalue weighted by Gasteiger charge is 2.27. The van der Waals surface area contributed by atoms with Crippen LogP contribution in [0.15, 0.2) is 24.5 Å². The van der Waals surface area contributed by atoms with Gasteiger partial charge in [0.05, 0.1) is 12.0 Å². The van der Waals surface area contributed by atoms with Crippen molar-refractivity contribution in [1.82, 2.24) is 9.88 Å². The number of nitriles is 1. The highest BCUT2D eigenvalue weighted by Crippen LogP contribution is 2.28. The van der Waals surface area contributed by atoms with Gasteiger partial charge in [0.1, 0.15) is 0 Å². The van der Waals surface area contributed by atoms with E-state index in [2.05, 4.69) is 29.1 Å². The lowest BCUT2D eigenvalue weighted by atomic mass is 9.84. The first kappa shape index (κ1) is 12.1. The molecule has 1 aliphatic rings. The summed E-state index contributed by atoms with van der Waals surface area (Å²) in [6, 6.07) is 6.93. The molecule has 0 aromatic carbocycles. The van der Waals surface area contributed by atoms with Crippen LogP contribution in [0.5, 0.6) is 0 Å². The standard InChI is InChI=1S/C14H19N3/c1-17(11-12-5-4-8-16-10-12)14-7-3-2-6-13(14)9-15/h4-5,8,10,13-14H,2-3,6-7,11H2,1H3. The Morgan fingerprint density at radius 2 is 2.29 bits per heavy atom. The number of nitrogens with zero attached hydrogens (tertiary/aromatic N) is 3. The largest absolute Gasteiger partial charge is 0.298 e. The molecule has 90 valence electrons. The maximum atomic E-state index is 9.19. The van der Waals surface area contributed by atoms with Crippen molar-refractivity contribution in [2.75, 3.05) is 7.05 Å². The van der Waals surface area contributed by atoms with Crippen LogP contribution >= 0.6 is 0 Å². The minimum Gasteiger partial charge on any atom is -0.298 e. The fourth-order valence-corrected chi connectivity index (χ4v) is 2.69. The predicted octanol–water partition coefficient (Wildman–Crippen LogP) is 2.60. The number of hydrogen-bond donors (Lipinski definition) is 0. The van der Waals surface area contributed by atoms with Crippen molar-refractivity contribution in [2.24, 2.45) is 5.92 Å². The molecule has 17 heavy (non-hydrogen) atoms. The van der Waals surface area contributed by atoms with Gasteiger partial charge in [-0.25, -0.2) is 0 Å². The normalized spacial score (nSPS) is 24.5. The summed E-state index contributed by atoms with van der Waals surface area (Å²) in [4.78, 5) is 6.44. The molecule has 0 saturated heterocycles. The fourth-order valence-electron chi connectivity index (χ4n) is 2.69. The Hall–Kier alpha value is -1.40. The monoisotopic (exact) mass is 229 g/mol. The average Bonchev–Trinajstić information content (AvgIpc) is 2.40. The summed E-state index contributed by atoms with van der Waals surface area (Å²) in [5.74, 6) is 0.199. The van der Waals surface area contributed by atoms with Crippen LogP contribution in [0.2, 0.25) is 0 Å². The third-order valence-electron chi connectivity index (χ3n) is 3.62. The molecule has 0 amide bonds. The van der Waals surface area contributed by atoms with Gasteiger partial charge in [-0.05, 0) is 31.5 Å². The summed E-state index contributed by atoms with van der Waals surface area (Å²) in [5.41, 5.74) is 1.22. The third kappa shape index (κ3) is 3.04. The Bertz CT molecular complexity index is 382. The number of pyridine rings is 1. The van der Waals surface area contributed by atoms with Crippen LogP contribution in [-0.2, 0) is 6.54 Å². The maximum absolute atomic E-state index is 9.19. The molecule has 1 aliphatic carbocycles. The van der Waals surface area contributed by atoms with Crippen LogP contribution in [0, 0.1) is 17.2 Å². The van der Waals surface area contributed by atoms with Gasteiger partial charge >= 0.3 is 0 Å². The topological polar surface area (TPSA) is 39.9 Å². The smallest absolute Gasteiger partial charge is 0.0672 e. The molecule has 1 aromatic heterocycles. The van der Waals surface area contributed by atoms with Crippen molar-refractivity contribution in [3.8, 4) is 6.07 Å². The van der Waals surface area contributed by atoms with Crippen LogP contribution in [0.4, 0.5) is 0 Å². The van der Waals surface area contributed by atoms with Crippen molar-refractivity contribution >= 4 is 0 Å². The summed E-state index contributed by atoms with van der Waals surface area (Å²) in [5, 5.41) is 9.19. The van der Waals surface area contributed by atoms with Gasteiger partial charge in [-0.2, -0.15) is 5.26 Å². The minimum absolute atomic E-state index is 0.199. The summed E-state index contributed by atoms with van der Waals surface area (Å²) in [6.07, 6.45) is 8.35. The van der Waals surface area contributed by atoms with Crippen LogP contribution < -0.4 is 0 Å². The lowest BCUT2D eigenvalue weighted by Gasteiger charge is -2.34. The van der Waals surface area contributed by atoms with Crippen molar-refractivity contribution < 1.29 is 0 Å². The molecule has 1 heterocycles. The van der Waals surface area contributed by atoms with Gasteiger partial charge in [0, 0.05) is 25.0 Å². The number of hydrogen-bond acceptors (Lipinski definition) is 3. The van der Waals surface area contributed by atoms with Gasteiger partial charge in [0.2, 0.25) is 0 Å². The molecule has 3 heteroatoms. The summed E-state index contributed by atoms with van der Waals surface area (Å²) < 4.78 is 0. The van der Waals surface area contributed by atoms with E-state index in [0.717, 1.165) is 19.4 Å². The van der Waals surface area contributed by atoms with E-state index in [4.69, 9.17) is 0 Å². The Morgan fingerprint density at radius 1 is 1.47 bits per heavy atom. The summed E-state index contributed by atoms with van der Waals surface area (Å²) in [6.45, 7) is 0.886. The van der Waals surface area contributed by atoms with Crippen LogP contribution in [0.3, 0.4) is 0 Å². The molecule has 0 radical (unpaired) electrons. The third-order valence-corrected chi connectivity index (χ3v) is 3.62. The molecule has 2 atom stereocenters. The lowest BCUT2D eigenvalue weighted by molar-refractivity contribution is 0.150. The van der Waals surface area contributed by atoms with Gasteiger partial charge in [-0.3, -0.25) is 9.88 Å². The number of aromatic nitrogens is 1. The Labute approximate surface area is 103 Å². The lowest BCUT2D eigenvalue weighted by Crippen LogP contribution is -2.39. The minimum atomic E-state index is 0.199. The average molecular weight is 229 g/mol. The molecule has 0 N–H and O–H groups in total. The summed E-state index contributed by atoms with van der Waals surface area (Å²) >= 11 is 0. The van der Waals surface area contributed by atoms with Gasteiger partial charge in [-0.1, -0.05) is 18.9 Å². The van der Waals surface area contributed by atoms with Crippen LogP contribution in [0.25, 0.3) is 0 Å². The summed E-state index contributed by atoms with van der Waals surface area (Å²) in [7, 11) is 2.12. The Kier molecular flexibility index (Phi) is 4.11. The zero-order chi connectivity index (χ0) is 12.1. The van der Waals surface area contributed by atoms with Gasteiger partial charge in [0.15, 0.2) is 0 Å². The Morgan fingerprint density at radius 3 is 3.00 bits per heavy atom. The zero-order valence-corrected chi connectivity index (χ0v) is 10.3. The maximum Gasteiger partial charge on any atom is 0.0672 e. The molecule has 1 aromatic rings. The van der Waals surface area contributed by atoms with Crippen molar-refractivity contribution in [3.05, 3.63) is 30.1 Å². The van der Waals surface area contributed by atoms with Gasteiger partial charge in [-0.15, -0.1) is 0 Å². The van der Waals surface area contributed by atoms with Gasteiger partial charge in [0.25, 0.3) is 0 Å². The molecule has 0 aliphatic heterocycles. The molecule has 0 bridgehead atoms. The van der Waals surface area contributed by atoms with Crippen molar-refractivity contribution in [2.45, 2.75) is 38.3 Å². The molecule has 0 spiro atoms. The quantitative estimate of drug-likeness (QED) is 0.799. The van der Waals surface area contributed by atoms with E-state index in [9.17, 15) is 5.26 Å². The van der Waals surface area contributed by atoms with E-state index < -0.39 is 0 Å². The highest BCUT2D eigenvalue weighted by atomic mass is 15.1. The first-order valence-electron chi connectivity index (χ1n) is 6.30. The van der Waals surface area contributed by atoms with E-state index in [1.807, 2.05) is 12.3 Å². The van der Waals surface area contributed by atoms with E-state index in [-0.39, 0.29) is 5.92 Å². The fraction of sp³-hybridized carbons (Fsp3) is 0.571.